The maximum atomic E-state index is 4.85. The highest BCUT2D eigenvalue weighted by atomic mass is 15.0. The molecule has 0 saturated carbocycles. The second kappa shape index (κ2) is 8.45. The van der Waals surface area contributed by atoms with Crippen LogP contribution in [0.3, 0.4) is 0 Å². The standard InChI is InChI=1S/C36H26N4/c1-36(2)29-16-10-9-15-26(29)27-19-20-30-32(33(27)36)28-18-17-24(21-31(28)40(30)25-13-7-4-8-14-25)35-38-22-37-34(39-35)23-11-5-3-6-12-23/h3-22H,1-2H3. The van der Waals surface area contributed by atoms with Crippen LogP contribution in [0, 0.1) is 0 Å². The lowest BCUT2D eigenvalue weighted by molar-refractivity contribution is 0.666. The van der Waals surface area contributed by atoms with Crippen molar-refractivity contribution in [2.45, 2.75) is 19.3 Å². The predicted molar refractivity (Wildman–Crippen MR) is 163 cm³/mol. The number of nitrogens with zero attached hydrogens (tertiary/aromatic N) is 4. The number of hydrogen-bond donors (Lipinski definition) is 0. The van der Waals surface area contributed by atoms with Crippen molar-refractivity contribution in [1.82, 2.24) is 19.5 Å². The van der Waals surface area contributed by atoms with Crippen molar-refractivity contribution < 1.29 is 0 Å². The fourth-order valence-corrected chi connectivity index (χ4v) is 6.54. The first kappa shape index (κ1) is 22.9. The second-order valence-electron chi connectivity index (χ2n) is 11.0. The number of aromatic nitrogens is 4. The molecule has 190 valence electrons. The van der Waals surface area contributed by atoms with Crippen LogP contribution in [0.1, 0.15) is 25.0 Å². The molecule has 0 spiro atoms. The summed E-state index contributed by atoms with van der Waals surface area (Å²) in [7, 11) is 0. The highest BCUT2D eigenvalue weighted by Crippen LogP contribution is 2.53. The largest absolute Gasteiger partial charge is 0.309 e. The smallest absolute Gasteiger partial charge is 0.163 e. The molecular weight excluding hydrogens is 488 g/mol. The van der Waals surface area contributed by atoms with Gasteiger partial charge in [-0.05, 0) is 46.5 Å². The quantitative estimate of drug-likeness (QED) is 0.237. The van der Waals surface area contributed by atoms with Crippen molar-refractivity contribution in [2.75, 3.05) is 0 Å². The molecule has 8 rings (SSSR count). The van der Waals surface area contributed by atoms with E-state index in [4.69, 9.17) is 4.98 Å². The number of hydrogen-bond acceptors (Lipinski definition) is 3. The van der Waals surface area contributed by atoms with E-state index in [1.54, 1.807) is 6.33 Å². The fraction of sp³-hybridized carbons (Fsp3) is 0.0833. The molecule has 1 aliphatic carbocycles. The van der Waals surface area contributed by atoms with Crippen LogP contribution >= 0.6 is 0 Å². The molecule has 0 amide bonds. The molecule has 1 aliphatic rings. The summed E-state index contributed by atoms with van der Waals surface area (Å²) >= 11 is 0. The van der Waals surface area contributed by atoms with E-state index >= 15 is 0 Å². The van der Waals surface area contributed by atoms with E-state index in [1.807, 2.05) is 30.3 Å². The summed E-state index contributed by atoms with van der Waals surface area (Å²) in [5, 5.41) is 2.54. The van der Waals surface area contributed by atoms with E-state index in [0.29, 0.717) is 11.6 Å². The van der Waals surface area contributed by atoms with E-state index in [9.17, 15) is 0 Å². The summed E-state index contributed by atoms with van der Waals surface area (Å²) in [5.74, 6) is 1.34. The van der Waals surface area contributed by atoms with Gasteiger partial charge in [-0.2, -0.15) is 0 Å². The molecule has 0 fully saturated rings. The van der Waals surface area contributed by atoms with Gasteiger partial charge in [0.15, 0.2) is 11.6 Å². The molecule has 5 aromatic carbocycles. The van der Waals surface area contributed by atoms with Gasteiger partial charge in [-0.15, -0.1) is 0 Å². The third-order valence-electron chi connectivity index (χ3n) is 8.32. The van der Waals surface area contributed by atoms with Crippen LogP contribution in [-0.4, -0.2) is 19.5 Å². The molecule has 0 unspecified atom stereocenters. The molecule has 4 heteroatoms. The average molecular weight is 515 g/mol. The van der Waals surface area contributed by atoms with E-state index in [1.165, 1.54) is 38.5 Å². The third kappa shape index (κ3) is 3.23. The normalized spacial score (nSPS) is 13.4. The van der Waals surface area contributed by atoms with Gasteiger partial charge in [-0.3, -0.25) is 0 Å². The molecule has 40 heavy (non-hydrogen) atoms. The van der Waals surface area contributed by atoms with Crippen molar-refractivity contribution in [1.29, 1.82) is 0 Å². The highest BCUT2D eigenvalue weighted by molar-refractivity contribution is 6.15. The summed E-state index contributed by atoms with van der Waals surface area (Å²) in [6.07, 6.45) is 1.61. The van der Waals surface area contributed by atoms with Gasteiger partial charge in [-0.25, -0.2) is 15.0 Å². The maximum Gasteiger partial charge on any atom is 0.163 e. The summed E-state index contributed by atoms with van der Waals surface area (Å²) in [5.41, 5.74) is 10.7. The molecule has 0 atom stereocenters. The minimum atomic E-state index is -0.112. The molecule has 0 radical (unpaired) electrons. The lowest BCUT2D eigenvalue weighted by atomic mass is 9.80. The third-order valence-corrected chi connectivity index (χ3v) is 8.32. The zero-order chi connectivity index (χ0) is 26.8. The molecule has 2 aromatic heterocycles. The zero-order valence-electron chi connectivity index (χ0n) is 22.3. The summed E-state index contributed by atoms with van der Waals surface area (Å²) < 4.78 is 2.38. The first-order valence-electron chi connectivity index (χ1n) is 13.6. The van der Waals surface area contributed by atoms with Crippen LogP contribution < -0.4 is 0 Å². The predicted octanol–water partition coefficient (Wildman–Crippen LogP) is 8.61. The minimum absolute atomic E-state index is 0.112. The highest BCUT2D eigenvalue weighted by Gasteiger charge is 2.38. The van der Waals surface area contributed by atoms with Gasteiger partial charge in [-0.1, -0.05) is 105 Å². The van der Waals surface area contributed by atoms with Crippen molar-refractivity contribution in [2.24, 2.45) is 0 Å². The molecule has 0 bridgehead atoms. The van der Waals surface area contributed by atoms with Gasteiger partial charge in [0.25, 0.3) is 0 Å². The second-order valence-corrected chi connectivity index (χ2v) is 11.0. The number of benzene rings is 5. The Balaban J connectivity index is 1.42. The molecule has 4 nitrogen and oxygen atoms in total. The topological polar surface area (TPSA) is 43.6 Å². The monoisotopic (exact) mass is 514 g/mol. The van der Waals surface area contributed by atoms with Crippen molar-refractivity contribution in [3.63, 3.8) is 0 Å². The van der Waals surface area contributed by atoms with Crippen LogP contribution in [0.5, 0.6) is 0 Å². The van der Waals surface area contributed by atoms with Crippen molar-refractivity contribution in [3.05, 3.63) is 133 Å². The van der Waals surface area contributed by atoms with Crippen molar-refractivity contribution in [3.8, 4) is 39.6 Å². The van der Waals surface area contributed by atoms with E-state index < -0.39 is 0 Å². The molecule has 2 heterocycles. The molecule has 0 N–H and O–H groups in total. The Morgan fingerprint density at radius 1 is 0.600 bits per heavy atom. The molecular formula is C36H26N4. The van der Waals surface area contributed by atoms with Crippen LogP contribution in [-0.2, 0) is 5.41 Å². The van der Waals surface area contributed by atoms with E-state index in [2.05, 4.69) is 113 Å². The van der Waals surface area contributed by atoms with Crippen LogP contribution in [0.4, 0.5) is 0 Å². The SMILES string of the molecule is CC1(C)c2ccccc2-c2ccc3c(c21)c1ccc(-c2ncnc(-c4ccccc4)n2)cc1n3-c1ccccc1. The molecule has 0 saturated heterocycles. The van der Waals surface area contributed by atoms with Gasteiger partial charge in [0.2, 0.25) is 0 Å². The summed E-state index contributed by atoms with van der Waals surface area (Å²) in [6, 6.07) is 40.7. The van der Waals surface area contributed by atoms with E-state index in [-0.39, 0.29) is 5.41 Å². The van der Waals surface area contributed by atoms with Gasteiger partial charge in [0, 0.05) is 33.0 Å². The minimum Gasteiger partial charge on any atom is -0.309 e. The van der Waals surface area contributed by atoms with Crippen LogP contribution in [0.15, 0.2) is 122 Å². The first-order valence-corrected chi connectivity index (χ1v) is 13.6. The summed E-state index contributed by atoms with van der Waals surface area (Å²) in [4.78, 5) is 13.9. The van der Waals surface area contributed by atoms with Gasteiger partial charge < -0.3 is 4.57 Å². The first-order chi connectivity index (χ1) is 19.6. The Morgan fingerprint density at radius 2 is 1.30 bits per heavy atom. The Morgan fingerprint density at radius 3 is 2.10 bits per heavy atom. The Kier molecular flexibility index (Phi) is 4.83. The number of para-hydroxylation sites is 1. The Labute approximate surface area is 232 Å². The maximum absolute atomic E-state index is 4.85. The number of rotatable bonds is 3. The van der Waals surface area contributed by atoms with E-state index in [0.717, 1.165) is 22.3 Å². The zero-order valence-corrected chi connectivity index (χ0v) is 22.3. The van der Waals surface area contributed by atoms with Crippen molar-refractivity contribution >= 4 is 21.8 Å². The van der Waals surface area contributed by atoms with Gasteiger partial charge in [0.05, 0.1) is 11.0 Å². The lowest BCUT2D eigenvalue weighted by Gasteiger charge is -2.22. The summed E-state index contributed by atoms with van der Waals surface area (Å²) in [6.45, 7) is 4.71. The molecule has 0 aliphatic heterocycles. The fourth-order valence-electron chi connectivity index (χ4n) is 6.54. The lowest BCUT2D eigenvalue weighted by Crippen LogP contribution is -2.15. The Hall–Kier alpha value is -5.09. The van der Waals surface area contributed by atoms with Gasteiger partial charge in [0.1, 0.15) is 6.33 Å². The van der Waals surface area contributed by atoms with Crippen LogP contribution in [0.2, 0.25) is 0 Å². The van der Waals surface area contributed by atoms with Crippen LogP contribution in [0.25, 0.3) is 61.4 Å². The Bertz CT molecular complexity index is 2070. The molecule has 7 aromatic rings. The van der Waals surface area contributed by atoms with Gasteiger partial charge >= 0.3 is 0 Å². The number of fused-ring (bicyclic) bond motifs is 7. The average Bonchev–Trinajstić information content (AvgIpc) is 3.46.